The van der Waals surface area contributed by atoms with Gasteiger partial charge >= 0.3 is 0 Å². The van der Waals surface area contributed by atoms with E-state index in [-0.39, 0.29) is 23.8 Å². The molecule has 7 nitrogen and oxygen atoms in total. The van der Waals surface area contributed by atoms with Crippen LogP contribution < -0.4 is 14.5 Å². The number of ether oxygens (including phenoxy) is 1. The fourth-order valence-electron chi connectivity index (χ4n) is 4.22. The first-order valence-electron chi connectivity index (χ1n) is 11.8. The molecular weight excluding hydrogens is 498 g/mol. The fraction of sp³-hybridized carbons (Fsp3) is 0.296. The third-order valence-corrected chi connectivity index (χ3v) is 8.06. The number of carbonyl (C=O) groups excluding carboxylic acids is 1. The lowest BCUT2D eigenvalue weighted by atomic mass is 10.1. The van der Waals surface area contributed by atoms with E-state index in [9.17, 15) is 13.2 Å². The molecule has 1 saturated heterocycles. The van der Waals surface area contributed by atoms with Crippen LogP contribution in [0, 0.1) is 13.8 Å². The van der Waals surface area contributed by atoms with Gasteiger partial charge < -0.3 is 15.0 Å². The minimum atomic E-state index is -3.91. The van der Waals surface area contributed by atoms with E-state index >= 15 is 0 Å². The lowest BCUT2D eigenvalue weighted by molar-refractivity contribution is -0.116. The van der Waals surface area contributed by atoms with Crippen molar-refractivity contribution in [2.75, 3.05) is 47.4 Å². The number of nitrogens with one attached hydrogen (secondary N) is 1. The van der Waals surface area contributed by atoms with Crippen LogP contribution in [-0.4, -0.2) is 47.2 Å². The second-order valence-corrected chi connectivity index (χ2v) is 11.1. The topological polar surface area (TPSA) is 79.0 Å². The lowest BCUT2D eigenvalue weighted by Gasteiger charge is -2.29. The van der Waals surface area contributed by atoms with Crippen LogP contribution in [0.25, 0.3) is 0 Å². The van der Waals surface area contributed by atoms with Crippen molar-refractivity contribution >= 4 is 44.6 Å². The Balaban J connectivity index is 1.49. The zero-order chi connectivity index (χ0) is 25.7. The zero-order valence-corrected chi connectivity index (χ0v) is 22.0. The van der Waals surface area contributed by atoms with E-state index in [1.54, 1.807) is 12.1 Å². The molecule has 0 bridgehead atoms. The third kappa shape index (κ3) is 6.37. The summed E-state index contributed by atoms with van der Waals surface area (Å²) in [6.07, 6.45) is -0.00890. The molecular formula is C27H30ClN3O4S. The van der Waals surface area contributed by atoms with Crippen LogP contribution in [0.5, 0.6) is 0 Å². The zero-order valence-electron chi connectivity index (χ0n) is 20.4. The van der Waals surface area contributed by atoms with Gasteiger partial charge in [-0.3, -0.25) is 9.10 Å². The lowest BCUT2D eigenvalue weighted by Crippen LogP contribution is -2.36. The maximum Gasteiger partial charge on any atom is 0.264 e. The summed E-state index contributed by atoms with van der Waals surface area (Å²) in [6, 6.07) is 19.3. The van der Waals surface area contributed by atoms with Gasteiger partial charge in [0.1, 0.15) is 0 Å². The van der Waals surface area contributed by atoms with Crippen molar-refractivity contribution < 1.29 is 17.9 Å². The molecule has 1 fully saturated rings. The van der Waals surface area contributed by atoms with E-state index in [1.165, 1.54) is 16.4 Å². The molecule has 3 aromatic rings. The molecule has 0 atom stereocenters. The minimum Gasteiger partial charge on any atom is -0.378 e. The van der Waals surface area contributed by atoms with Gasteiger partial charge in [0.15, 0.2) is 0 Å². The number of halogens is 1. The highest BCUT2D eigenvalue weighted by atomic mass is 35.5. The normalized spacial score (nSPS) is 13.9. The van der Waals surface area contributed by atoms with Crippen LogP contribution in [0.2, 0.25) is 5.02 Å². The van der Waals surface area contributed by atoms with Crippen molar-refractivity contribution in [1.29, 1.82) is 0 Å². The molecule has 1 N–H and O–H groups in total. The Kier molecular flexibility index (Phi) is 8.18. The molecule has 4 rings (SSSR count). The van der Waals surface area contributed by atoms with Crippen LogP contribution in [0.4, 0.5) is 17.1 Å². The van der Waals surface area contributed by atoms with Gasteiger partial charge in [-0.05, 0) is 85.6 Å². The average Bonchev–Trinajstić information content (AvgIpc) is 2.85. The van der Waals surface area contributed by atoms with Gasteiger partial charge in [0.05, 0.1) is 23.8 Å². The summed E-state index contributed by atoms with van der Waals surface area (Å²) in [4.78, 5) is 15.2. The molecule has 0 aromatic heterocycles. The quantitative estimate of drug-likeness (QED) is 0.445. The Hall–Kier alpha value is -3.07. The molecule has 0 spiro atoms. The van der Waals surface area contributed by atoms with E-state index in [2.05, 4.69) is 10.2 Å². The largest absolute Gasteiger partial charge is 0.378 e. The molecule has 1 aliphatic heterocycles. The smallest absolute Gasteiger partial charge is 0.264 e. The molecule has 0 radical (unpaired) electrons. The maximum atomic E-state index is 13.6. The summed E-state index contributed by atoms with van der Waals surface area (Å²) in [5, 5.41) is 3.33. The minimum absolute atomic E-state index is 0.00839. The van der Waals surface area contributed by atoms with Crippen LogP contribution in [0.3, 0.4) is 0 Å². The molecule has 1 amide bonds. The summed E-state index contributed by atoms with van der Waals surface area (Å²) in [5.41, 5.74) is 4.13. The molecule has 190 valence electrons. The maximum absolute atomic E-state index is 13.6. The van der Waals surface area contributed by atoms with Gasteiger partial charge in [-0.15, -0.1) is 0 Å². The van der Waals surface area contributed by atoms with Gasteiger partial charge in [-0.2, -0.15) is 0 Å². The first-order valence-corrected chi connectivity index (χ1v) is 13.6. The number of hydrogen-bond acceptors (Lipinski definition) is 5. The highest BCUT2D eigenvalue weighted by Gasteiger charge is 2.26. The molecule has 0 aliphatic carbocycles. The SMILES string of the molecule is Cc1cc(C)cc(N(CCC(=O)Nc2ccc(N3CCOCC3)cc2)S(=O)(=O)c2ccc(Cl)cc2)c1. The predicted molar refractivity (Wildman–Crippen MR) is 145 cm³/mol. The van der Waals surface area contributed by atoms with Gasteiger partial charge in [0, 0.05) is 42.5 Å². The Labute approximate surface area is 217 Å². The fourth-order valence-corrected chi connectivity index (χ4v) is 5.80. The van der Waals surface area contributed by atoms with E-state index in [0.29, 0.717) is 29.6 Å². The standard InChI is InChI=1S/C27H30ClN3O4S/c1-20-17-21(2)19-25(18-20)31(36(33,34)26-9-3-22(28)4-10-26)12-11-27(32)29-23-5-7-24(8-6-23)30-13-15-35-16-14-30/h3-10,17-19H,11-16H2,1-2H3,(H,29,32). The van der Waals surface area contributed by atoms with Crippen LogP contribution in [0.1, 0.15) is 17.5 Å². The number of anilines is 3. The van der Waals surface area contributed by atoms with Crippen molar-refractivity contribution in [2.24, 2.45) is 0 Å². The second-order valence-electron chi connectivity index (χ2n) is 8.82. The summed E-state index contributed by atoms with van der Waals surface area (Å²) in [6.45, 7) is 6.90. The van der Waals surface area contributed by atoms with Crippen molar-refractivity contribution in [3.63, 3.8) is 0 Å². The highest BCUT2D eigenvalue weighted by Crippen LogP contribution is 2.27. The van der Waals surface area contributed by atoms with Crippen molar-refractivity contribution in [3.8, 4) is 0 Å². The molecule has 3 aromatic carbocycles. The van der Waals surface area contributed by atoms with Crippen LogP contribution >= 0.6 is 11.6 Å². The second kappa shape index (κ2) is 11.3. The Morgan fingerprint density at radius 3 is 2.19 bits per heavy atom. The summed E-state index contributed by atoms with van der Waals surface area (Å²) < 4.78 is 33.8. The van der Waals surface area contributed by atoms with Gasteiger partial charge in [0.25, 0.3) is 10.0 Å². The molecule has 1 aliphatic rings. The van der Waals surface area contributed by atoms with Crippen molar-refractivity contribution in [2.45, 2.75) is 25.2 Å². The summed E-state index contributed by atoms with van der Waals surface area (Å²) in [5.74, 6) is -0.269. The molecule has 36 heavy (non-hydrogen) atoms. The van der Waals surface area contributed by atoms with Crippen LogP contribution in [0.15, 0.2) is 71.6 Å². The van der Waals surface area contributed by atoms with Crippen LogP contribution in [-0.2, 0) is 19.6 Å². The van der Waals surface area contributed by atoms with Gasteiger partial charge in [-0.25, -0.2) is 8.42 Å². The first kappa shape index (κ1) is 26.0. The number of aryl methyl sites for hydroxylation is 2. The number of morpholine rings is 1. The summed E-state index contributed by atoms with van der Waals surface area (Å²) in [7, 11) is -3.91. The van der Waals surface area contributed by atoms with Crippen molar-refractivity contribution in [3.05, 3.63) is 82.9 Å². The average molecular weight is 528 g/mol. The third-order valence-electron chi connectivity index (χ3n) is 5.97. The highest BCUT2D eigenvalue weighted by molar-refractivity contribution is 7.92. The van der Waals surface area contributed by atoms with E-state index in [4.69, 9.17) is 16.3 Å². The predicted octanol–water partition coefficient (Wildman–Crippen LogP) is 5.02. The van der Waals surface area contributed by atoms with E-state index < -0.39 is 10.0 Å². The molecule has 0 unspecified atom stereocenters. The molecule has 1 heterocycles. The molecule has 9 heteroatoms. The number of rotatable bonds is 8. The Morgan fingerprint density at radius 2 is 1.58 bits per heavy atom. The summed E-state index contributed by atoms with van der Waals surface area (Å²) >= 11 is 5.96. The number of sulfonamides is 1. The van der Waals surface area contributed by atoms with Crippen molar-refractivity contribution in [1.82, 2.24) is 0 Å². The molecule has 0 saturated carbocycles. The Bertz CT molecular complexity index is 1290. The monoisotopic (exact) mass is 527 g/mol. The van der Waals surface area contributed by atoms with Gasteiger partial charge in [0.2, 0.25) is 5.91 Å². The Morgan fingerprint density at radius 1 is 0.972 bits per heavy atom. The number of amides is 1. The number of benzene rings is 3. The van der Waals surface area contributed by atoms with Gasteiger partial charge in [-0.1, -0.05) is 17.7 Å². The number of carbonyl (C=O) groups is 1. The number of nitrogens with zero attached hydrogens (tertiary/aromatic N) is 2. The van der Waals surface area contributed by atoms with E-state index in [0.717, 1.165) is 29.9 Å². The first-order chi connectivity index (χ1) is 17.2. The van der Waals surface area contributed by atoms with E-state index in [1.807, 2.05) is 56.3 Å². The number of hydrogen-bond donors (Lipinski definition) is 1.